The smallest absolute Gasteiger partial charge is 0.239 e. The number of carbonyl (C=O) groups is 2. The zero-order valence-electron chi connectivity index (χ0n) is 16.0. The summed E-state index contributed by atoms with van der Waals surface area (Å²) < 4.78 is 25.4. The summed E-state index contributed by atoms with van der Waals surface area (Å²) >= 11 is 0. The van der Waals surface area contributed by atoms with Crippen molar-refractivity contribution in [1.29, 1.82) is 0 Å². The fourth-order valence-corrected chi connectivity index (χ4v) is 4.03. The molecule has 1 unspecified atom stereocenters. The first-order valence-corrected chi connectivity index (χ1v) is 11.3. The summed E-state index contributed by atoms with van der Waals surface area (Å²) in [4.78, 5) is 24.2. The van der Waals surface area contributed by atoms with Gasteiger partial charge in [0, 0.05) is 6.42 Å². The van der Waals surface area contributed by atoms with Gasteiger partial charge in [0.05, 0.1) is 24.5 Å². The molecule has 0 aliphatic heterocycles. The Morgan fingerprint density at radius 2 is 1.78 bits per heavy atom. The van der Waals surface area contributed by atoms with Crippen LogP contribution in [0.15, 0.2) is 24.3 Å². The molecule has 7 nitrogen and oxygen atoms in total. The van der Waals surface area contributed by atoms with E-state index in [4.69, 9.17) is 0 Å². The summed E-state index contributed by atoms with van der Waals surface area (Å²) in [5.41, 5.74) is 1.08. The Kier molecular flexibility index (Phi) is 7.65. The number of anilines is 1. The minimum absolute atomic E-state index is 0.0857. The Balaban J connectivity index is 1.84. The van der Waals surface area contributed by atoms with Crippen molar-refractivity contribution in [2.75, 3.05) is 17.5 Å². The molecule has 2 rings (SSSR count). The second-order valence-electron chi connectivity index (χ2n) is 7.24. The summed E-state index contributed by atoms with van der Waals surface area (Å²) in [5.74, 6) is 0.0205. The summed E-state index contributed by atoms with van der Waals surface area (Å²) in [6.45, 7) is 1.68. The quantitative estimate of drug-likeness (QED) is 0.628. The van der Waals surface area contributed by atoms with Crippen LogP contribution in [0.4, 0.5) is 5.69 Å². The standard InChI is InChI=1S/C19H29N3O4S/c1-14(16-10-6-7-11-17(16)22-27(2,25)26)21-19(24)13-20-18(23)12-15-8-4-3-5-9-15/h6-7,10-11,14-15,22H,3-5,8-9,12-13H2,1-2H3,(H,20,23)(H,21,24). The van der Waals surface area contributed by atoms with Crippen molar-refractivity contribution in [3.63, 3.8) is 0 Å². The van der Waals surface area contributed by atoms with Crippen LogP contribution in [-0.2, 0) is 19.6 Å². The topological polar surface area (TPSA) is 104 Å². The zero-order valence-corrected chi connectivity index (χ0v) is 16.8. The zero-order chi connectivity index (χ0) is 19.9. The molecular formula is C19H29N3O4S. The molecule has 1 aliphatic carbocycles. The van der Waals surface area contributed by atoms with Crippen molar-refractivity contribution in [3.8, 4) is 0 Å². The molecule has 150 valence electrons. The van der Waals surface area contributed by atoms with E-state index in [1.807, 2.05) is 0 Å². The number of amides is 2. The van der Waals surface area contributed by atoms with Crippen molar-refractivity contribution in [1.82, 2.24) is 10.6 Å². The van der Waals surface area contributed by atoms with Gasteiger partial charge in [0.25, 0.3) is 0 Å². The van der Waals surface area contributed by atoms with E-state index in [0.717, 1.165) is 19.1 Å². The van der Waals surface area contributed by atoms with E-state index < -0.39 is 16.1 Å². The normalized spacial score (nSPS) is 16.4. The van der Waals surface area contributed by atoms with Gasteiger partial charge in [-0.1, -0.05) is 37.5 Å². The van der Waals surface area contributed by atoms with Crippen molar-refractivity contribution >= 4 is 27.5 Å². The molecule has 1 saturated carbocycles. The highest BCUT2D eigenvalue weighted by Gasteiger charge is 2.18. The second-order valence-corrected chi connectivity index (χ2v) is 8.98. The summed E-state index contributed by atoms with van der Waals surface area (Å²) in [6, 6.07) is 6.48. The van der Waals surface area contributed by atoms with Crippen LogP contribution < -0.4 is 15.4 Å². The van der Waals surface area contributed by atoms with Gasteiger partial charge in [0.1, 0.15) is 0 Å². The number of carbonyl (C=O) groups excluding carboxylic acids is 2. The lowest BCUT2D eigenvalue weighted by molar-refractivity contribution is -0.127. The molecule has 0 aromatic heterocycles. The highest BCUT2D eigenvalue weighted by atomic mass is 32.2. The monoisotopic (exact) mass is 395 g/mol. The lowest BCUT2D eigenvalue weighted by atomic mass is 9.87. The fraction of sp³-hybridized carbons (Fsp3) is 0.579. The molecule has 1 fully saturated rings. The van der Waals surface area contributed by atoms with E-state index in [1.54, 1.807) is 31.2 Å². The van der Waals surface area contributed by atoms with Gasteiger partial charge in [-0.15, -0.1) is 0 Å². The van der Waals surface area contributed by atoms with Gasteiger partial charge in [-0.2, -0.15) is 0 Å². The molecule has 8 heteroatoms. The summed E-state index contributed by atoms with van der Waals surface area (Å²) in [7, 11) is -3.42. The van der Waals surface area contributed by atoms with E-state index in [1.165, 1.54) is 19.3 Å². The first kappa shape index (κ1) is 21.2. The first-order valence-electron chi connectivity index (χ1n) is 9.37. The number of nitrogens with one attached hydrogen (secondary N) is 3. The molecule has 1 aromatic rings. The van der Waals surface area contributed by atoms with Crippen molar-refractivity contribution in [2.24, 2.45) is 5.92 Å². The van der Waals surface area contributed by atoms with E-state index >= 15 is 0 Å². The highest BCUT2D eigenvalue weighted by Crippen LogP contribution is 2.26. The van der Waals surface area contributed by atoms with Crippen molar-refractivity contribution < 1.29 is 18.0 Å². The third-order valence-electron chi connectivity index (χ3n) is 4.75. The minimum Gasteiger partial charge on any atom is -0.348 e. The first-order chi connectivity index (χ1) is 12.7. The molecule has 1 aliphatic rings. The predicted molar refractivity (Wildman–Crippen MR) is 106 cm³/mol. The third-order valence-corrected chi connectivity index (χ3v) is 5.34. The SMILES string of the molecule is CC(NC(=O)CNC(=O)CC1CCCCC1)c1ccccc1NS(C)(=O)=O. The van der Waals surface area contributed by atoms with Gasteiger partial charge in [0.2, 0.25) is 21.8 Å². The van der Waals surface area contributed by atoms with Crippen molar-refractivity contribution in [3.05, 3.63) is 29.8 Å². The molecule has 27 heavy (non-hydrogen) atoms. The molecule has 1 atom stereocenters. The number of hydrogen-bond acceptors (Lipinski definition) is 4. The van der Waals surface area contributed by atoms with Crippen molar-refractivity contribution in [2.45, 2.75) is 51.5 Å². The van der Waals surface area contributed by atoms with E-state index in [9.17, 15) is 18.0 Å². The van der Waals surface area contributed by atoms with Gasteiger partial charge in [-0.25, -0.2) is 8.42 Å². The lowest BCUT2D eigenvalue weighted by Gasteiger charge is -2.21. The van der Waals surface area contributed by atoms with Gasteiger partial charge in [0.15, 0.2) is 0 Å². The van der Waals surface area contributed by atoms with Crippen LogP contribution in [0.3, 0.4) is 0 Å². The average Bonchev–Trinajstić information content (AvgIpc) is 2.60. The second kappa shape index (κ2) is 9.73. The number of sulfonamides is 1. The molecule has 0 radical (unpaired) electrons. The van der Waals surface area contributed by atoms with Gasteiger partial charge in [-0.3, -0.25) is 14.3 Å². The average molecular weight is 396 g/mol. The van der Waals surface area contributed by atoms with E-state index in [2.05, 4.69) is 15.4 Å². The number of benzene rings is 1. The molecule has 1 aromatic carbocycles. The molecular weight excluding hydrogens is 366 g/mol. The Bertz CT molecular complexity index is 758. The Morgan fingerprint density at radius 1 is 1.11 bits per heavy atom. The third kappa shape index (κ3) is 7.58. The number of para-hydroxylation sites is 1. The predicted octanol–water partition coefficient (Wildman–Crippen LogP) is 2.32. The maximum Gasteiger partial charge on any atom is 0.239 e. The Labute approximate surface area is 161 Å². The molecule has 0 heterocycles. The molecule has 0 saturated heterocycles. The number of rotatable bonds is 8. The summed E-state index contributed by atoms with van der Waals surface area (Å²) in [5, 5.41) is 5.47. The van der Waals surface area contributed by atoms with Crippen LogP contribution in [0.25, 0.3) is 0 Å². The maximum absolute atomic E-state index is 12.2. The Hall–Kier alpha value is -2.09. The van der Waals surface area contributed by atoms with Crippen LogP contribution in [0.1, 0.15) is 57.1 Å². The largest absolute Gasteiger partial charge is 0.348 e. The van der Waals surface area contributed by atoms with Crippen LogP contribution in [0.5, 0.6) is 0 Å². The highest BCUT2D eigenvalue weighted by molar-refractivity contribution is 7.92. The van der Waals surface area contributed by atoms with E-state index in [0.29, 0.717) is 23.6 Å². The van der Waals surface area contributed by atoms with Crippen LogP contribution in [0.2, 0.25) is 0 Å². The van der Waals surface area contributed by atoms with Gasteiger partial charge in [-0.05, 0) is 37.3 Å². The lowest BCUT2D eigenvalue weighted by Crippen LogP contribution is -2.38. The van der Waals surface area contributed by atoms with Crippen LogP contribution in [0, 0.1) is 5.92 Å². The fourth-order valence-electron chi connectivity index (χ4n) is 3.44. The van der Waals surface area contributed by atoms with Gasteiger partial charge < -0.3 is 10.6 Å². The molecule has 2 amide bonds. The molecule has 0 spiro atoms. The van der Waals surface area contributed by atoms with Crippen LogP contribution >= 0.6 is 0 Å². The molecule has 0 bridgehead atoms. The summed E-state index contributed by atoms with van der Waals surface area (Å²) in [6.07, 6.45) is 7.32. The van der Waals surface area contributed by atoms with Crippen LogP contribution in [-0.4, -0.2) is 33.0 Å². The van der Waals surface area contributed by atoms with Gasteiger partial charge >= 0.3 is 0 Å². The number of hydrogen-bond donors (Lipinski definition) is 3. The van der Waals surface area contributed by atoms with E-state index in [-0.39, 0.29) is 18.4 Å². The molecule has 3 N–H and O–H groups in total. The maximum atomic E-state index is 12.2. The Morgan fingerprint density at radius 3 is 2.44 bits per heavy atom. The minimum atomic E-state index is -3.42.